The molecule has 1 amide bonds. The zero-order valence-corrected chi connectivity index (χ0v) is 8.11. The second-order valence-corrected chi connectivity index (χ2v) is 3.59. The van der Waals surface area contributed by atoms with Gasteiger partial charge in [0, 0.05) is 0 Å². The topological polar surface area (TPSA) is 53.4 Å². The number of pyridine rings is 1. The minimum Gasteiger partial charge on any atom is -0.391 e. The first kappa shape index (κ1) is 9.43. The van der Waals surface area contributed by atoms with Gasteiger partial charge in [0.05, 0.1) is 31.0 Å². The van der Waals surface area contributed by atoms with Gasteiger partial charge >= 0.3 is 0 Å². The summed E-state index contributed by atoms with van der Waals surface area (Å²) in [4.78, 5) is 16.8. The lowest BCUT2D eigenvalue weighted by Gasteiger charge is -2.14. The monoisotopic (exact) mass is 212 g/mol. The van der Waals surface area contributed by atoms with Gasteiger partial charge in [-0.1, -0.05) is 11.6 Å². The summed E-state index contributed by atoms with van der Waals surface area (Å²) >= 11 is 5.62. The highest BCUT2D eigenvalue weighted by molar-refractivity contribution is 6.29. The number of anilines is 1. The second-order valence-electron chi connectivity index (χ2n) is 3.20. The van der Waals surface area contributed by atoms with Crippen molar-refractivity contribution in [3.05, 3.63) is 23.5 Å². The Kier molecular flexibility index (Phi) is 2.39. The van der Waals surface area contributed by atoms with Gasteiger partial charge in [0.25, 0.3) is 0 Å². The molecule has 1 aliphatic heterocycles. The minimum atomic E-state index is -0.571. The molecule has 0 radical (unpaired) electrons. The molecule has 0 saturated carbocycles. The lowest BCUT2D eigenvalue weighted by molar-refractivity contribution is -0.117. The van der Waals surface area contributed by atoms with Crippen molar-refractivity contribution in [2.45, 2.75) is 12.5 Å². The zero-order valence-electron chi connectivity index (χ0n) is 7.35. The molecule has 1 aromatic heterocycles. The highest BCUT2D eigenvalue weighted by Gasteiger charge is 2.28. The fourth-order valence-corrected chi connectivity index (χ4v) is 1.58. The standard InChI is InChI=1S/C9H9ClN2O2/c10-8-2-1-6(4-11-8)12-5-7(13)3-9(12)14/h1-2,4,7,13H,3,5H2. The third-order valence-corrected chi connectivity index (χ3v) is 2.35. The third kappa shape index (κ3) is 1.71. The Balaban J connectivity index is 2.23. The molecular formula is C9H9ClN2O2. The van der Waals surface area contributed by atoms with Gasteiger partial charge in [-0.25, -0.2) is 4.98 Å². The van der Waals surface area contributed by atoms with Crippen molar-refractivity contribution in [3.8, 4) is 0 Å². The molecular weight excluding hydrogens is 204 g/mol. The molecule has 0 aliphatic carbocycles. The van der Waals surface area contributed by atoms with Crippen molar-refractivity contribution in [3.63, 3.8) is 0 Å². The van der Waals surface area contributed by atoms with E-state index >= 15 is 0 Å². The SMILES string of the molecule is O=C1CC(O)CN1c1ccc(Cl)nc1. The first-order chi connectivity index (χ1) is 6.66. The number of halogens is 1. The second kappa shape index (κ2) is 3.55. The Morgan fingerprint density at radius 3 is 2.86 bits per heavy atom. The van der Waals surface area contributed by atoms with E-state index in [-0.39, 0.29) is 12.3 Å². The molecule has 1 saturated heterocycles. The van der Waals surface area contributed by atoms with Crippen LogP contribution in [-0.2, 0) is 4.79 Å². The summed E-state index contributed by atoms with van der Waals surface area (Å²) in [5.41, 5.74) is 0.677. The van der Waals surface area contributed by atoms with Crippen molar-refractivity contribution in [2.75, 3.05) is 11.4 Å². The van der Waals surface area contributed by atoms with Crippen LogP contribution in [0.1, 0.15) is 6.42 Å². The predicted molar refractivity (Wildman–Crippen MR) is 52.2 cm³/mol. The summed E-state index contributed by atoms with van der Waals surface area (Å²) in [6.45, 7) is 0.335. The molecule has 1 aromatic rings. The summed E-state index contributed by atoms with van der Waals surface area (Å²) in [7, 11) is 0. The Hall–Kier alpha value is -1.13. The van der Waals surface area contributed by atoms with Crippen LogP contribution in [0.5, 0.6) is 0 Å². The predicted octanol–water partition coefficient (Wildman–Crippen LogP) is 0.833. The van der Waals surface area contributed by atoms with Gasteiger partial charge in [-0.05, 0) is 12.1 Å². The number of amides is 1. The van der Waals surface area contributed by atoms with Crippen molar-refractivity contribution in [1.82, 2.24) is 4.98 Å². The fraction of sp³-hybridized carbons (Fsp3) is 0.333. The van der Waals surface area contributed by atoms with Gasteiger partial charge in [0.15, 0.2) is 0 Å². The van der Waals surface area contributed by atoms with Gasteiger partial charge in [-0.15, -0.1) is 0 Å². The smallest absolute Gasteiger partial charge is 0.229 e. The molecule has 1 aliphatic rings. The van der Waals surface area contributed by atoms with Crippen LogP contribution in [0.25, 0.3) is 0 Å². The minimum absolute atomic E-state index is 0.0818. The lowest BCUT2D eigenvalue weighted by Crippen LogP contribution is -2.25. The van der Waals surface area contributed by atoms with Crippen LogP contribution >= 0.6 is 11.6 Å². The van der Waals surface area contributed by atoms with Crippen LogP contribution in [0, 0.1) is 0 Å². The molecule has 1 fully saturated rings. The number of nitrogens with zero attached hydrogens (tertiary/aromatic N) is 2. The molecule has 2 heterocycles. The van der Waals surface area contributed by atoms with Crippen molar-refractivity contribution in [1.29, 1.82) is 0 Å². The molecule has 5 heteroatoms. The molecule has 1 unspecified atom stereocenters. The highest BCUT2D eigenvalue weighted by Crippen LogP contribution is 2.21. The van der Waals surface area contributed by atoms with Crippen molar-refractivity contribution < 1.29 is 9.90 Å². The van der Waals surface area contributed by atoms with Crippen LogP contribution < -0.4 is 4.90 Å². The lowest BCUT2D eigenvalue weighted by atomic mass is 10.3. The zero-order chi connectivity index (χ0) is 10.1. The molecule has 14 heavy (non-hydrogen) atoms. The number of aliphatic hydroxyl groups is 1. The number of β-amino-alcohol motifs (C(OH)–C–C–N with tert-alkyl or cyclic N) is 1. The molecule has 0 bridgehead atoms. The Morgan fingerprint density at radius 1 is 1.57 bits per heavy atom. The van der Waals surface area contributed by atoms with Crippen LogP contribution in [-0.4, -0.2) is 28.6 Å². The van der Waals surface area contributed by atoms with E-state index in [1.807, 2.05) is 0 Å². The van der Waals surface area contributed by atoms with Crippen LogP contribution in [0.2, 0.25) is 5.15 Å². The largest absolute Gasteiger partial charge is 0.391 e. The summed E-state index contributed by atoms with van der Waals surface area (Å²) in [5.74, 6) is -0.0818. The molecule has 74 valence electrons. The number of aliphatic hydroxyl groups excluding tert-OH is 1. The van der Waals surface area contributed by atoms with E-state index in [1.165, 1.54) is 11.1 Å². The maximum Gasteiger partial charge on any atom is 0.229 e. The summed E-state index contributed by atoms with van der Waals surface area (Å²) in [5, 5.41) is 9.67. The quantitative estimate of drug-likeness (QED) is 0.702. The van der Waals surface area contributed by atoms with E-state index < -0.39 is 6.10 Å². The maximum atomic E-state index is 11.4. The van der Waals surface area contributed by atoms with Crippen LogP contribution in [0.3, 0.4) is 0 Å². The molecule has 0 aromatic carbocycles. The Bertz CT molecular complexity index is 352. The third-order valence-electron chi connectivity index (χ3n) is 2.13. The molecule has 4 nitrogen and oxygen atoms in total. The van der Waals surface area contributed by atoms with E-state index in [4.69, 9.17) is 11.6 Å². The van der Waals surface area contributed by atoms with E-state index in [2.05, 4.69) is 4.98 Å². The number of aromatic nitrogens is 1. The van der Waals surface area contributed by atoms with Gasteiger partial charge in [0.1, 0.15) is 5.15 Å². The molecule has 1 atom stereocenters. The van der Waals surface area contributed by atoms with Gasteiger partial charge in [-0.3, -0.25) is 4.79 Å². The van der Waals surface area contributed by atoms with Crippen LogP contribution in [0.15, 0.2) is 18.3 Å². The van der Waals surface area contributed by atoms with E-state index in [0.29, 0.717) is 17.4 Å². The molecule has 0 spiro atoms. The van der Waals surface area contributed by atoms with Gasteiger partial charge in [-0.2, -0.15) is 0 Å². The Morgan fingerprint density at radius 2 is 2.36 bits per heavy atom. The molecule has 2 rings (SSSR count). The normalized spacial score (nSPS) is 21.7. The number of hydrogen-bond donors (Lipinski definition) is 1. The van der Waals surface area contributed by atoms with Gasteiger partial charge in [0.2, 0.25) is 5.91 Å². The first-order valence-corrected chi connectivity index (χ1v) is 4.64. The van der Waals surface area contributed by atoms with E-state index in [9.17, 15) is 9.90 Å². The van der Waals surface area contributed by atoms with Crippen LogP contribution in [0.4, 0.5) is 5.69 Å². The number of hydrogen-bond acceptors (Lipinski definition) is 3. The fourth-order valence-electron chi connectivity index (χ4n) is 1.47. The summed E-state index contributed by atoms with van der Waals surface area (Å²) in [6, 6.07) is 3.33. The first-order valence-electron chi connectivity index (χ1n) is 4.27. The summed E-state index contributed by atoms with van der Waals surface area (Å²) in [6.07, 6.45) is 1.14. The van der Waals surface area contributed by atoms with Gasteiger partial charge < -0.3 is 10.0 Å². The highest BCUT2D eigenvalue weighted by atomic mass is 35.5. The van der Waals surface area contributed by atoms with E-state index in [1.54, 1.807) is 12.1 Å². The number of carbonyl (C=O) groups excluding carboxylic acids is 1. The number of rotatable bonds is 1. The summed E-state index contributed by atoms with van der Waals surface area (Å²) < 4.78 is 0. The molecule has 1 N–H and O–H groups in total. The average molecular weight is 213 g/mol. The van der Waals surface area contributed by atoms with Crippen molar-refractivity contribution >= 4 is 23.2 Å². The van der Waals surface area contributed by atoms with Crippen molar-refractivity contribution in [2.24, 2.45) is 0 Å². The maximum absolute atomic E-state index is 11.4. The van der Waals surface area contributed by atoms with E-state index in [0.717, 1.165) is 0 Å². The Labute approximate surface area is 86.1 Å². The average Bonchev–Trinajstić information content (AvgIpc) is 2.47. The number of carbonyl (C=O) groups is 1.